The fourth-order valence-corrected chi connectivity index (χ4v) is 4.36. The van der Waals surface area contributed by atoms with Gasteiger partial charge in [0.15, 0.2) is 6.61 Å². The number of nitrogens with zero attached hydrogens (tertiary/aromatic N) is 1. The van der Waals surface area contributed by atoms with Gasteiger partial charge in [0.1, 0.15) is 11.8 Å². The smallest absolute Gasteiger partial charge is 0.261 e. The Kier molecular flexibility index (Phi) is 9.24. The van der Waals surface area contributed by atoms with Crippen LogP contribution in [0.5, 0.6) is 5.75 Å². The molecule has 3 rings (SSSR count). The normalized spacial score (nSPS) is 16.7. The van der Waals surface area contributed by atoms with Crippen molar-refractivity contribution < 1.29 is 19.4 Å². The van der Waals surface area contributed by atoms with Gasteiger partial charge in [0.05, 0.1) is 21.8 Å². The van der Waals surface area contributed by atoms with E-state index in [4.69, 9.17) is 33.7 Å². The van der Waals surface area contributed by atoms with E-state index in [-0.39, 0.29) is 40.7 Å². The summed E-state index contributed by atoms with van der Waals surface area (Å²) >= 11 is 12.1. The van der Waals surface area contributed by atoms with Gasteiger partial charge in [-0.25, -0.2) is 0 Å². The van der Waals surface area contributed by atoms with E-state index in [1.165, 1.54) is 0 Å². The standard InChI is InChI=1S/C25H32Cl2N4O4/c1-25(2,30-13-21(32)16-11-18(26)23(28)19(27)12-16)15-29-24(34)20-9-6-10-31(20)22(33)14-35-17-7-4-3-5-8-17/h3-5,7-8,11-12,20-21,30,32H,6,9-10,13-15,28H2,1-2H3,(H,29,34). The quantitative estimate of drug-likeness (QED) is 0.356. The monoisotopic (exact) mass is 522 g/mol. The van der Waals surface area contributed by atoms with Crippen LogP contribution >= 0.6 is 23.2 Å². The second kappa shape index (κ2) is 11.9. The van der Waals surface area contributed by atoms with E-state index in [0.29, 0.717) is 30.8 Å². The van der Waals surface area contributed by atoms with Gasteiger partial charge in [0.25, 0.3) is 5.91 Å². The molecule has 2 unspecified atom stereocenters. The largest absolute Gasteiger partial charge is 0.484 e. The number of ether oxygens (including phenoxy) is 1. The number of nitrogen functional groups attached to an aromatic ring is 1. The van der Waals surface area contributed by atoms with E-state index >= 15 is 0 Å². The van der Waals surface area contributed by atoms with Gasteiger partial charge >= 0.3 is 0 Å². The molecule has 0 saturated carbocycles. The summed E-state index contributed by atoms with van der Waals surface area (Å²) in [5.41, 5.74) is 6.04. The maximum Gasteiger partial charge on any atom is 0.261 e. The minimum atomic E-state index is -0.867. The van der Waals surface area contributed by atoms with Gasteiger partial charge in [-0.15, -0.1) is 0 Å². The summed E-state index contributed by atoms with van der Waals surface area (Å²) in [6, 6.07) is 11.7. The number of nitrogens with two attached hydrogens (primary N) is 1. The van der Waals surface area contributed by atoms with Crippen molar-refractivity contribution in [2.75, 3.05) is 32.0 Å². The Morgan fingerprint density at radius 3 is 2.54 bits per heavy atom. The van der Waals surface area contributed by atoms with Gasteiger partial charge in [0.2, 0.25) is 5.91 Å². The summed E-state index contributed by atoms with van der Waals surface area (Å²) < 4.78 is 5.55. The molecule has 2 atom stereocenters. The highest BCUT2D eigenvalue weighted by atomic mass is 35.5. The highest BCUT2D eigenvalue weighted by Gasteiger charge is 2.34. The van der Waals surface area contributed by atoms with E-state index in [0.717, 1.165) is 6.42 Å². The summed E-state index contributed by atoms with van der Waals surface area (Å²) in [6.45, 7) is 4.75. The Labute approximate surface area is 215 Å². The molecule has 0 radical (unpaired) electrons. The Balaban J connectivity index is 1.48. The van der Waals surface area contributed by atoms with Crippen LogP contribution < -0.4 is 21.1 Å². The Morgan fingerprint density at radius 1 is 1.23 bits per heavy atom. The summed E-state index contributed by atoms with van der Waals surface area (Å²) in [6.07, 6.45) is 0.497. The number of nitrogens with one attached hydrogen (secondary N) is 2. The van der Waals surface area contributed by atoms with Crippen molar-refractivity contribution in [1.82, 2.24) is 15.5 Å². The molecular formula is C25H32Cl2N4O4. The van der Waals surface area contributed by atoms with E-state index in [1.54, 1.807) is 29.2 Å². The molecule has 0 bridgehead atoms. The van der Waals surface area contributed by atoms with Crippen LogP contribution in [-0.4, -0.2) is 59.6 Å². The van der Waals surface area contributed by atoms with Gasteiger partial charge in [-0.1, -0.05) is 41.4 Å². The summed E-state index contributed by atoms with van der Waals surface area (Å²) in [4.78, 5) is 27.1. The number of likely N-dealkylation sites (tertiary alicyclic amines) is 1. The van der Waals surface area contributed by atoms with Crippen molar-refractivity contribution in [3.05, 3.63) is 58.1 Å². The lowest BCUT2D eigenvalue weighted by molar-refractivity contribution is -0.140. The number of para-hydroxylation sites is 1. The lowest BCUT2D eigenvalue weighted by Crippen LogP contribution is -2.54. The second-order valence-electron chi connectivity index (χ2n) is 9.24. The zero-order valence-electron chi connectivity index (χ0n) is 19.9. The third-order valence-corrected chi connectivity index (χ3v) is 6.57. The van der Waals surface area contributed by atoms with Crippen LogP contribution in [0.4, 0.5) is 5.69 Å². The average Bonchev–Trinajstić information content (AvgIpc) is 3.33. The minimum Gasteiger partial charge on any atom is -0.484 e. The number of amides is 2. The fraction of sp³-hybridized carbons (Fsp3) is 0.440. The maximum atomic E-state index is 12.9. The topological polar surface area (TPSA) is 117 Å². The number of β-amino-alcohol motifs (C(OH)–C–C–N with tert-alkyl or cyclic N) is 1. The molecule has 1 saturated heterocycles. The van der Waals surface area contributed by atoms with Gasteiger partial charge in [-0.2, -0.15) is 0 Å². The number of aliphatic hydroxyl groups is 1. The number of rotatable bonds is 10. The van der Waals surface area contributed by atoms with Gasteiger partial charge < -0.3 is 31.1 Å². The highest BCUT2D eigenvalue weighted by molar-refractivity contribution is 6.38. The molecule has 35 heavy (non-hydrogen) atoms. The molecular weight excluding hydrogens is 491 g/mol. The van der Waals surface area contributed by atoms with E-state index in [2.05, 4.69) is 10.6 Å². The first-order valence-corrected chi connectivity index (χ1v) is 12.3. The number of carbonyl (C=O) groups excluding carboxylic acids is 2. The molecule has 1 aliphatic heterocycles. The van der Waals surface area contributed by atoms with E-state index in [1.807, 2.05) is 32.0 Å². The average molecular weight is 523 g/mol. The van der Waals surface area contributed by atoms with Crippen molar-refractivity contribution >= 4 is 40.7 Å². The van der Waals surface area contributed by atoms with Gasteiger partial charge in [0, 0.05) is 25.2 Å². The van der Waals surface area contributed by atoms with Crippen LogP contribution in [0, 0.1) is 0 Å². The second-order valence-corrected chi connectivity index (χ2v) is 10.1. The Bertz CT molecular complexity index is 1010. The molecule has 5 N–H and O–H groups in total. The van der Waals surface area contributed by atoms with Crippen LogP contribution in [0.1, 0.15) is 38.4 Å². The van der Waals surface area contributed by atoms with Crippen molar-refractivity contribution in [3.63, 3.8) is 0 Å². The number of halogens is 2. The van der Waals surface area contributed by atoms with Crippen LogP contribution in [0.15, 0.2) is 42.5 Å². The predicted octanol–water partition coefficient (Wildman–Crippen LogP) is 3.16. The van der Waals surface area contributed by atoms with Crippen molar-refractivity contribution in [1.29, 1.82) is 0 Å². The fourth-order valence-electron chi connectivity index (χ4n) is 3.86. The molecule has 0 aliphatic carbocycles. The van der Waals surface area contributed by atoms with Crippen LogP contribution in [-0.2, 0) is 9.59 Å². The molecule has 10 heteroatoms. The number of hydrogen-bond donors (Lipinski definition) is 4. The Hall–Kier alpha value is -2.52. The molecule has 2 aromatic carbocycles. The maximum absolute atomic E-state index is 12.9. The summed E-state index contributed by atoms with van der Waals surface area (Å²) in [5.74, 6) is 0.190. The number of aliphatic hydroxyl groups excluding tert-OH is 1. The van der Waals surface area contributed by atoms with Crippen molar-refractivity contribution in [2.24, 2.45) is 0 Å². The first kappa shape index (κ1) is 27.1. The number of benzene rings is 2. The molecule has 2 amide bonds. The highest BCUT2D eigenvalue weighted by Crippen LogP contribution is 2.31. The molecule has 0 aromatic heterocycles. The van der Waals surface area contributed by atoms with Crippen molar-refractivity contribution in [3.8, 4) is 5.75 Å². The Morgan fingerprint density at radius 2 is 1.89 bits per heavy atom. The van der Waals surface area contributed by atoms with E-state index in [9.17, 15) is 14.7 Å². The van der Waals surface area contributed by atoms with Gasteiger partial charge in [-0.05, 0) is 56.5 Å². The summed E-state index contributed by atoms with van der Waals surface area (Å²) in [7, 11) is 0. The molecule has 0 spiro atoms. The zero-order valence-corrected chi connectivity index (χ0v) is 21.4. The predicted molar refractivity (Wildman–Crippen MR) is 138 cm³/mol. The van der Waals surface area contributed by atoms with Crippen LogP contribution in [0.2, 0.25) is 10.0 Å². The SMILES string of the molecule is CC(C)(CNC(=O)C1CCCN1C(=O)COc1ccccc1)NCC(O)c1cc(Cl)c(N)c(Cl)c1. The molecule has 190 valence electrons. The molecule has 1 aliphatic rings. The lowest BCUT2D eigenvalue weighted by Gasteiger charge is -2.30. The first-order chi connectivity index (χ1) is 16.6. The van der Waals surface area contributed by atoms with Gasteiger partial charge in [-0.3, -0.25) is 9.59 Å². The molecule has 2 aromatic rings. The summed E-state index contributed by atoms with van der Waals surface area (Å²) in [5, 5.41) is 17.3. The lowest BCUT2D eigenvalue weighted by atomic mass is 10.0. The molecule has 1 heterocycles. The third-order valence-electron chi connectivity index (χ3n) is 5.95. The zero-order chi connectivity index (χ0) is 25.6. The molecule has 8 nitrogen and oxygen atoms in total. The van der Waals surface area contributed by atoms with Crippen LogP contribution in [0.25, 0.3) is 0 Å². The van der Waals surface area contributed by atoms with Crippen molar-refractivity contribution in [2.45, 2.75) is 44.4 Å². The molecule has 1 fully saturated rings. The third kappa shape index (κ3) is 7.48. The number of hydrogen-bond acceptors (Lipinski definition) is 6. The number of anilines is 1. The number of carbonyl (C=O) groups is 2. The minimum absolute atomic E-state index is 0.113. The van der Waals surface area contributed by atoms with E-state index < -0.39 is 17.7 Å². The van der Waals surface area contributed by atoms with Crippen LogP contribution in [0.3, 0.4) is 0 Å². The first-order valence-electron chi connectivity index (χ1n) is 11.5.